The van der Waals surface area contributed by atoms with Crippen molar-refractivity contribution < 1.29 is 42.2 Å². The van der Waals surface area contributed by atoms with Gasteiger partial charge in [-0.05, 0) is 90.9 Å². The summed E-state index contributed by atoms with van der Waals surface area (Å²) in [7, 11) is -3.83. The number of rotatable bonds is 11. The Balaban J connectivity index is 0.925. The second-order valence-corrected chi connectivity index (χ2v) is 16.7. The van der Waals surface area contributed by atoms with Crippen molar-refractivity contribution in [3.8, 4) is 11.1 Å². The number of amides is 5. The van der Waals surface area contributed by atoms with E-state index in [9.17, 15) is 37.5 Å². The van der Waals surface area contributed by atoms with E-state index in [0.29, 0.717) is 24.2 Å². The van der Waals surface area contributed by atoms with Crippen LogP contribution < -0.4 is 16.0 Å². The molecule has 2 fully saturated rings. The number of nitrogens with one attached hydrogen (secondary N) is 3. The van der Waals surface area contributed by atoms with Crippen LogP contribution in [-0.4, -0.2) is 90.7 Å². The van der Waals surface area contributed by atoms with Crippen molar-refractivity contribution in [3.05, 3.63) is 113 Å². The molecule has 4 N–H and O–H groups in total. The van der Waals surface area contributed by atoms with E-state index in [1.807, 2.05) is 43.3 Å². The number of sulfonamides is 1. The van der Waals surface area contributed by atoms with E-state index >= 15 is 0 Å². The topological polar surface area (TPSA) is 192 Å². The van der Waals surface area contributed by atoms with E-state index in [-0.39, 0.29) is 67.1 Å². The van der Waals surface area contributed by atoms with Gasteiger partial charge in [0.15, 0.2) is 0 Å². The number of carbonyl (C=O) groups excluding carboxylic acids is 5. The van der Waals surface area contributed by atoms with Crippen LogP contribution >= 0.6 is 0 Å². The number of aliphatic hydroxyl groups excluding tert-OH is 1. The van der Waals surface area contributed by atoms with Crippen molar-refractivity contribution >= 4 is 50.9 Å². The zero-order valence-corrected chi connectivity index (χ0v) is 31.9. The van der Waals surface area contributed by atoms with Gasteiger partial charge in [0.1, 0.15) is 12.6 Å². The van der Waals surface area contributed by atoms with Crippen molar-refractivity contribution in [2.24, 2.45) is 5.92 Å². The highest BCUT2D eigenvalue weighted by Gasteiger charge is 2.49. The van der Waals surface area contributed by atoms with Gasteiger partial charge >= 0.3 is 0 Å². The lowest BCUT2D eigenvalue weighted by Crippen LogP contribution is -2.54. The first-order valence-electron chi connectivity index (χ1n) is 18.9. The summed E-state index contributed by atoms with van der Waals surface area (Å²) in [6, 6.07) is 22.9. The first kappa shape index (κ1) is 38.1. The van der Waals surface area contributed by atoms with Crippen LogP contribution in [0.15, 0.2) is 89.8 Å². The number of aryl methyl sites for hydroxylation is 1. The van der Waals surface area contributed by atoms with Crippen LogP contribution in [0.3, 0.4) is 0 Å². The Morgan fingerprint density at radius 1 is 0.930 bits per heavy atom. The van der Waals surface area contributed by atoms with Crippen molar-refractivity contribution in [2.75, 3.05) is 37.0 Å². The lowest BCUT2D eigenvalue weighted by Gasteiger charge is -2.39. The van der Waals surface area contributed by atoms with E-state index in [1.54, 1.807) is 46.8 Å². The Morgan fingerprint density at radius 3 is 2.47 bits per heavy atom. The van der Waals surface area contributed by atoms with Crippen LogP contribution in [0.2, 0.25) is 0 Å². The summed E-state index contributed by atoms with van der Waals surface area (Å²) in [6.45, 7) is 1.89. The standard InChI is InChI=1S/C42H41N5O9S/c1-24-8-11-29(12-9-24)57(54,55)46-18-16-30-34(22-48)44-33-13-10-27(21-32(33)39(30)46)26-5-2-6-28(20-26)43-37(50)23-56-19-17-25-4-3-7-31-38(25)42(53)47(41(31)52)35-14-15-36(49)45-40(35)51/h2-13,20-21,30,34-35,39,44,48H,14-19,22-23H2,1H3,(H,43,50)(H,45,49,51)/t30-,34+,35?,39-/m1/s1. The molecule has 294 valence electrons. The minimum absolute atomic E-state index is 0.0262. The Hall–Kier alpha value is -5.74. The Labute approximate surface area is 329 Å². The van der Waals surface area contributed by atoms with Gasteiger partial charge in [0.2, 0.25) is 27.7 Å². The van der Waals surface area contributed by atoms with Gasteiger partial charge in [-0.3, -0.25) is 34.2 Å². The molecule has 57 heavy (non-hydrogen) atoms. The zero-order chi connectivity index (χ0) is 40.0. The first-order chi connectivity index (χ1) is 27.4. The number of ether oxygens (including phenoxy) is 1. The van der Waals surface area contributed by atoms with Gasteiger partial charge in [-0.1, -0.05) is 48.0 Å². The molecule has 4 aliphatic rings. The normalized spacial score (nSPS) is 21.8. The number of hydrogen-bond donors (Lipinski definition) is 4. The maximum absolute atomic E-state index is 14.0. The highest BCUT2D eigenvalue weighted by molar-refractivity contribution is 7.89. The molecule has 0 saturated carbocycles. The minimum Gasteiger partial charge on any atom is -0.394 e. The number of piperidine rings is 1. The molecule has 5 amide bonds. The molecule has 1 unspecified atom stereocenters. The number of hydrogen-bond acceptors (Lipinski definition) is 10. The van der Waals surface area contributed by atoms with Gasteiger partial charge in [-0.25, -0.2) is 8.42 Å². The summed E-state index contributed by atoms with van der Waals surface area (Å²) in [6.07, 6.45) is 0.907. The molecule has 4 atom stereocenters. The molecule has 0 bridgehead atoms. The number of carbonyl (C=O) groups is 5. The van der Waals surface area contributed by atoms with Crippen LogP contribution in [0.1, 0.15) is 62.7 Å². The average molecular weight is 792 g/mol. The zero-order valence-electron chi connectivity index (χ0n) is 31.1. The average Bonchev–Trinajstić information content (AvgIpc) is 3.77. The highest BCUT2D eigenvalue weighted by Crippen LogP contribution is 2.49. The second kappa shape index (κ2) is 15.3. The van der Waals surface area contributed by atoms with Crippen LogP contribution in [0, 0.1) is 12.8 Å². The molecule has 15 heteroatoms. The van der Waals surface area contributed by atoms with E-state index in [1.165, 1.54) is 6.07 Å². The molecule has 0 spiro atoms. The van der Waals surface area contributed by atoms with Crippen molar-refractivity contribution in [1.29, 1.82) is 0 Å². The predicted octanol–water partition coefficient (Wildman–Crippen LogP) is 3.80. The Kier molecular flexibility index (Phi) is 10.2. The first-order valence-corrected chi connectivity index (χ1v) is 20.3. The number of imide groups is 2. The SMILES string of the molecule is Cc1ccc(S(=O)(=O)N2CC[C@@H]3[C@H](CO)Nc4ccc(-c5cccc(NC(=O)COCCc6cccc7c6C(=O)N(C6CCC(=O)NC6=O)C7=O)c5)cc4[C@@H]32)cc1. The molecular weight excluding hydrogens is 751 g/mol. The van der Waals surface area contributed by atoms with Crippen LogP contribution in [-0.2, 0) is 35.6 Å². The van der Waals surface area contributed by atoms with E-state index < -0.39 is 51.6 Å². The Bertz CT molecular complexity index is 2420. The lowest BCUT2D eigenvalue weighted by atomic mass is 9.82. The summed E-state index contributed by atoms with van der Waals surface area (Å²) in [4.78, 5) is 64.7. The second-order valence-electron chi connectivity index (χ2n) is 14.8. The van der Waals surface area contributed by atoms with Gasteiger partial charge in [0.05, 0.1) is 41.3 Å². The summed E-state index contributed by atoms with van der Waals surface area (Å²) < 4.78 is 35.2. The van der Waals surface area contributed by atoms with E-state index in [0.717, 1.165) is 32.8 Å². The molecule has 2 saturated heterocycles. The molecule has 4 heterocycles. The number of anilines is 2. The molecule has 0 aliphatic carbocycles. The predicted molar refractivity (Wildman–Crippen MR) is 209 cm³/mol. The summed E-state index contributed by atoms with van der Waals surface area (Å²) >= 11 is 0. The van der Waals surface area contributed by atoms with Gasteiger partial charge < -0.3 is 20.5 Å². The van der Waals surface area contributed by atoms with Crippen molar-refractivity contribution in [1.82, 2.24) is 14.5 Å². The fourth-order valence-electron chi connectivity index (χ4n) is 8.43. The smallest absolute Gasteiger partial charge is 0.262 e. The van der Waals surface area contributed by atoms with E-state index in [2.05, 4.69) is 16.0 Å². The summed E-state index contributed by atoms with van der Waals surface area (Å²) in [5.74, 6) is -2.86. The third kappa shape index (κ3) is 7.12. The molecule has 4 aliphatic heterocycles. The van der Waals surface area contributed by atoms with Gasteiger partial charge in [0.25, 0.3) is 11.8 Å². The maximum atomic E-state index is 14.0. The Morgan fingerprint density at radius 2 is 1.70 bits per heavy atom. The lowest BCUT2D eigenvalue weighted by molar-refractivity contribution is -0.136. The maximum Gasteiger partial charge on any atom is 0.262 e. The fraction of sp³-hybridized carbons (Fsp3) is 0.310. The molecule has 0 radical (unpaired) electrons. The molecule has 4 aromatic rings. The summed E-state index contributed by atoms with van der Waals surface area (Å²) in [5.41, 5.74) is 5.59. The van der Waals surface area contributed by atoms with E-state index in [4.69, 9.17) is 4.74 Å². The van der Waals surface area contributed by atoms with Gasteiger partial charge in [-0.15, -0.1) is 0 Å². The number of fused-ring (bicyclic) bond motifs is 4. The van der Waals surface area contributed by atoms with Gasteiger partial charge in [0, 0.05) is 30.3 Å². The molecule has 8 rings (SSSR count). The molecular formula is C42H41N5O9S. The van der Waals surface area contributed by atoms with Crippen LogP contribution in [0.25, 0.3) is 11.1 Å². The van der Waals surface area contributed by atoms with Gasteiger partial charge in [-0.2, -0.15) is 4.31 Å². The van der Waals surface area contributed by atoms with Crippen molar-refractivity contribution in [3.63, 3.8) is 0 Å². The summed E-state index contributed by atoms with van der Waals surface area (Å²) in [5, 5.41) is 18.7. The monoisotopic (exact) mass is 791 g/mol. The quantitative estimate of drug-likeness (QED) is 0.128. The molecule has 14 nitrogen and oxygen atoms in total. The molecule has 4 aromatic carbocycles. The highest BCUT2D eigenvalue weighted by atomic mass is 32.2. The number of benzene rings is 4. The fourth-order valence-corrected chi connectivity index (χ4v) is 10.1. The third-order valence-electron chi connectivity index (χ3n) is 11.2. The van der Waals surface area contributed by atoms with Crippen LogP contribution in [0.4, 0.5) is 11.4 Å². The number of nitrogens with zero attached hydrogens (tertiary/aromatic N) is 2. The third-order valence-corrected chi connectivity index (χ3v) is 13.1. The van der Waals surface area contributed by atoms with Crippen LogP contribution in [0.5, 0.6) is 0 Å². The largest absolute Gasteiger partial charge is 0.394 e. The minimum atomic E-state index is -3.83. The molecule has 0 aromatic heterocycles. The van der Waals surface area contributed by atoms with Crippen molar-refractivity contribution in [2.45, 2.75) is 55.6 Å². The number of aliphatic hydroxyl groups is 1.